The Morgan fingerprint density at radius 2 is 1.88 bits per heavy atom. The van der Waals surface area contributed by atoms with Crippen molar-refractivity contribution >= 4 is 40.9 Å². The predicted octanol–water partition coefficient (Wildman–Crippen LogP) is 3.18. The van der Waals surface area contributed by atoms with Gasteiger partial charge in [-0.25, -0.2) is 0 Å². The van der Waals surface area contributed by atoms with Crippen LogP contribution in [0.15, 0.2) is 18.2 Å². The molecule has 86 valence electrons. The van der Waals surface area contributed by atoms with Crippen LogP contribution in [0.4, 0.5) is 0 Å². The van der Waals surface area contributed by atoms with E-state index in [1.165, 1.54) is 0 Å². The van der Waals surface area contributed by atoms with Crippen molar-refractivity contribution in [1.29, 1.82) is 0 Å². The van der Waals surface area contributed by atoms with E-state index in [1.54, 1.807) is 18.2 Å². The molecule has 0 aromatic heterocycles. The van der Waals surface area contributed by atoms with Gasteiger partial charge in [-0.15, -0.1) is 0 Å². The second-order valence-corrected chi connectivity index (χ2v) is 5.57. The molecule has 16 heavy (non-hydrogen) atoms. The summed E-state index contributed by atoms with van der Waals surface area (Å²) in [6.45, 7) is 1.62. The highest BCUT2D eigenvalue weighted by molar-refractivity contribution is 7.99. The van der Waals surface area contributed by atoms with E-state index < -0.39 is 0 Å². The van der Waals surface area contributed by atoms with Gasteiger partial charge < -0.3 is 4.90 Å². The molecule has 1 aromatic rings. The van der Waals surface area contributed by atoms with E-state index in [2.05, 4.69) is 0 Å². The number of amides is 1. The zero-order chi connectivity index (χ0) is 11.5. The van der Waals surface area contributed by atoms with Gasteiger partial charge in [-0.1, -0.05) is 23.2 Å². The first kappa shape index (κ1) is 12.1. The molecule has 0 radical (unpaired) electrons. The molecule has 0 atom stereocenters. The zero-order valence-electron chi connectivity index (χ0n) is 8.58. The van der Waals surface area contributed by atoms with Crippen molar-refractivity contribution < 1.29 is 4.79 Å². The number of halogens is 2. The van der Waals surface area contributed by atoms with Gasteiger partial charge in [0.2, 0.25) is 0 Å². The summed E-state index contributed by atoms with van der Waals surface area (Å²) >= 11 is 13.6. The summed E-state index contributed by atoms with van der Waals surface area (Å²) in [7, 11) is 0. The number of nitrogens with zero attached hydrogens (tertiary/aromatic N) is 1. The van der Waals surface area contributed by atoms with E-state index in [9.17, 15) is 4.79 Å². The lowest BCUT2D eigenvalue weighted by Gasteiger charge is -2.26. The van der Waals surface area contributed by atoms with Gasteiger partial charge in [0.05, 0.1) is 10.0 Å². The molecule has 0 aliphatic carbocycles. The first-order valence-electron chi connectivity index (χ1n) is 5.00. The quantitative estimate of drug-likeness (QED) is 0.785. The summed E-state index contributed by atoms with van der Waals surface area (Å²) in [5.74, 6) is 2.05. The van der Waals surface area contributed by atoms with Crippen molar-refractivity contribution in [3.63, 3.8) is 0 Å². The van der Waals surface area contributed by atoms with Crippen molar-refractivity contribution in [3.05, 3.63) is 33.8 Å². The molecule has 0 bridgehead atoms. The molecule has 0 unspecified atom stereocenters. The molecule has 1 aliphatic heterocycles. The molecule has 1 amide bonds. The van der Waals surface area contributed by atoms with Crippen LogP contribution in [0.5, 0.6) is 0 Å². The summed E-state index contributed by atoms with van der Waals surface area (Å²) in [5, 5.41) is 0.909. The topological polar surface area (TPSA) is 20.3 Å². The Hall–Kier alpha value is -0.380. The zero-order valence-corrected chi connectivity index (χ0v) is 10.9. The smallest absolute Gasteiger partial charge is 0.253 e. The van der Waals surface area contributed by atoms with Crippen LogP contribution in [0.3, 0.4) is 0 Å². The molecule has 1 heterocycles. The SMILES string of the molecule is O=C(c1ccc(Cl)c(Cl)c1)N1CCSCC1. The summed E-state index contributed by atoms with van der Waals surface area (Å²) < 4.78 is 0. The summed E-state index contributed by atoms with van der Waals surface area (Å²) in [6.07, 6.45) is 0. The summed E-state index contributed by atoms with van der Waals surface area (Å²) in [5.41, 5.74) is 0.612. The van der Waals surface area contributed by atoms with Gasteiger partial charge in [0.15, 0.2) is 0 Å². The van der Waals surface area contributed by atoms with Crippen molar-refractivity contribution in [2.24, 2.45) is 0 Å². The maximum Gasteiger partial charge on any atom is 0.253 e. The summed E-state index contributed by atoms with van der Waals surface area (Å²) in [4.78, 5) is 13.9. The molecule has 0 N–H and O–H groups in total. The van der Waals surface area contributed by atoms with Crippen LogP contribution in [0.2, 0.25) is 10.0 Å². The third-order valence-corrected chi connectivity index (χ3v) is 4.15. The predicted molar refractivity (Wildman–Crippen MR) is 69.7 cm³/mol. The molecular weight excluding hydrogens is 265 g/mol. The minimum absolute atomic E-state index is 0.0406. The standard InChI is InChI=1S/C11H11Cl2NOS/c12-9-2-1-8(7-10(9)13)11(15)14-3-5-16-6-4-14/h1-2,7H,3-6H2. The second-order valence-electron chi connectivity index (χ2n) is 3.53. The maximum absolute atomic E-state index is 12.1. The second kappa shape index (κ2) is 5.30. The molecule has 1 saturated heterocycles. The molecule has 2 nitrogen and oxygen atoms in total. The Bertz CT molecular complexity index is 405. The van der Waals surface area contributed by atoms with E-state index in [4.69, 9.17) is 23.2 Å². The number of rotatable bonds is 1. The van der Waals surface area contributed by atoms with Gasteiger partial charge in [0.1, 0.15) is 0 Å². The number of hydrogen-bond donors (Lipinski definition) is 0. The first-order valence-corrected chi connectivity index (χ1v) is 6.91. The van der Waals surface area contributed by atoms with Gasteiger partial charge >= 0.3 is 0 Å². The van der Waals surface area contributed by atoms with Gasteiger partial charge in [-0.2, -0.15) is 11.8 Å². The third kappa shape index (κ3) is 2.65. The van der Waals surface area contributed by atoms with Crippen molar-refractivity contribution in [2.45, 2.75) is 0 Å². The van der Waals surface area contributed by atoms with Gasteiger partial charge in [0, 0.05) is 30.2 Å². The average Bonchev–Trinajstić information content (AvgIpc) is 2.33. The minimum atomic E-state index is 0.0406. The lowest BCUT2D eigenvalue weighted by atomic mass is 10.2. The highest BCUT2D eigenvalue weighted by Gasteiger charge is 2.18. The van der Waals surface area contributed by atoms with Crippen LogP contribution in [-0.4, -0.2) is 35.4 Å². The summed E-state index contributed by atoms with van der Waals surface area (Å²) in [6, 6.07) is 5.02. The highest BCUT2D eigenvalue weighted by atomic mass is 35.5. The fourth-order valence-electron chi connectivity index (χ4n) is 1.58. The lowest BCUT2D eigenvalue weighted by Crippen LogP contribution is -2.37. The number of thioether (sulfide) groups is 1. The Morgan fingerprint density at radius 3 is 2.50 bits per heavy atom. The first-order chi connectivity index (χ1) is 7.68. The maximum atomic E-state index is 12.1. The van der Waals surface area contributed by atoms with Gasteiger partial charge in [-0.3, -0.25) is 4.79 Å². The minimum Gasteiger partial charge on any atom is -0.337 e. The average molecular weight is 276 g/mol. The Kier molecular flexibility index (Phi) is 4.00. The fraction of sp³-hybridized carbons (Fsp3) is 0.364. The van der Waals surface area contributed by atoms with Crippen LogP contribution in [0, 0.1) is 0 Å². The Morgan fingerprint density at radius 1 is 1.19 bits per heavy atom. The number of benzene rings is 1. The molecule has 0 spiro atoms. The molecular formula is C11H11Cl2NOS. The molecule has 0 saturated carbocycles. The monoisotopic (exact) mass is 275 g/mol. The van der Waals surface area contributed by atoms with Gasteiger partial charge in [-0.05, 0) is 18.2 Å². The van der Waals surface area contributed by atoms with Crippen molar-refractivity contribution in [2.75, 3.05) is 24.6 Å². The van der Waals surface area contributed by atoms with Crippen LogP contribution in [0.25, 0.3) is 0 Å². The number of carbonyl (C=O) groups is 1. The van der Waals surface area contributed by atoms with E-state index in [0.29, 0.717) is 15.6 Å². The van der Waals surface area contributed by atoms with E-state index >= 15 is 0 Å². The largest absolute Gasteiger partial charge is 0.337 e. The highest BCUT2D eigenvalue weighted by Crippen LogP contribution is 2.23. The van der Waals surface area contributed by atoms with E-state index in [-0.39, 0.29) is 5.91 Å². The third-order valence-electron chi connectivity index (χ3n) is 2.46. The van der Waals surface area contributed by atoms with Crippen LogP contribution >= 0.6 is 35.0 Å². The van der Waals surface area contributed by atoms with E-state index in [1.807, 2.05) is 16.7 Å². The molecule has 1 fully saturated rings. The molecule has 2 rings (SSSR count). The Balaban J connectivity index is 2.16. The van der Waals surface area contributed by atoms with Crippen molar-refractivity contribution in [1.82, 2.24) is 4.90 Å². The van der Waals surface area contributed by atoms with Crippen molar-refractivity contribution in [3.8, 4) is 0 Å². The molecule has 5 heteroatoms. The van der Waals surface area contributed by atoms with E-state index in [0.717, 1.165) is 24.6 Å². The normalized spacial score (nSPS) is 16.2. The molecule has 1 aliphatic rings. The van der Waals surface area contributed by atoms with Crippen LogP contribution in [0.1, 0.15) is 10.4 Å². The lowest BCUT2D eigenvalue weighted by molar-refractivity contribution is 0.0772. The Labute approximate surface area is 109 Å². The molecule has 1 aromatic carbocycles. The van der Waals surface area contributed by atoms with Crippen LogP contribution < -0.4 is 0 Å². The number of carbonyl (C=O) groups excluding carboxylic acids is 1. The van der Waals surface area contributed by atoms with Gasteiger partial charge in [0.25, 0.3) is 5.91 Å². The number of hydrogen-bond acceptors (Lipinski definition) is 2. The van der Waals surface area contributed by atoms with Crippen LogP contribution in [-0.2, 0) is 0 Å². The fourth-order valence-corrected chi connectivity index (χ4v) is 2.78.